The molecule has 0 saturated carbocycles. The van der Waals surface area contributed by atoms with Gasteiger partial charge in [-0.2, -0.15) is 0 Å². The average Bonchev–Trinajstić information content (AvgIpc) is 2.95. The summed E-state index contributed by atoms with van der Waals surface area (Å²) in [6.07, 6.45) is 0. The molecular formula is C21H26N2O4. The van der Waals surface area contributed by atoms with E-state index in [4.69, 9.17) is 4.74 Å². The number of nitrogens with zero attached hydrogens (tertiary/aromatic N) is 1. The SMILES string of the molecule is CCN(C(=O)c1ccc(C)cc1)[C@H](C)C(=O)c1c(C)[nH]c(C(=O)OC)c1C. The van der Waals surface area contributed by atoms with Crippen LogP contribution in [0.4, 0.5) is 0 Å². The number of aryl methyl sites for hydroxylation is 2. The summed E-state index contributed by atoms with van der Waals surface area (Å²) in [5, 5.41) is 0. The molecule has 0 spiro atoms. The molecule has 144 valence electrons. The van der Waals surface area contributed by atoms with Gasteiger partial charge in [0.25, 0.3) is 5.91 Å². The number of methoxy groups -OCH3 is 1. The van der Waals surface area contributed by atoms with Crippen LogP contribution in [0, 0.1) is 20.8 Å². The minimum atomic E-state index is -0.664. The van der Waals surface area contributed by atoms with E-state index in [2.05, 4.69) is 4.98 Å². The number of likely N-dealkylation sites (N-methyl/N-ethyl adjacent to an activating group) is 1. The smallest absolute Gasteiger partial charge is 0.354 e. The highest BCUT2D eigenvalue weighted by atomic mass is 16.5. The van der Waals surface area contributed by atoms with E-state index in [0.717, 1.165) is 5.56 Å². The third kappa shape index (κ3) is 3.94. The van der Waals surface area contributed by atoms with Crippen molar-refractivity contribution in [2.24, 2.45) is 0 Å². The van der Waals surface area contributed by atoms with Crippen molar-refractivity contribution in [1.29, 1.82) is 0 Å². The number of Topliss-reactive ketones (excluding diaryl/α,β-unsaturated/α-hetero) is 1. The molecule has 0 saturated heterocycles. The van der Waals surface area contributed by atoms with E-state index >= 15 is 0 Å². The molecular weight excluding hydrogens is 344 g/mol. The Kier molecular flexibility index (Phi) is 6.20. The lowest BCUT2D eigenvalue weighted by Crippen LogP contribution is -2.43. The van der Waals surface area contributed by atoms with Crippen LogP contribution in [0.1, 0.15) is 61.9 Å². The van der Waals surface area contributed by atoms with Crippen molar-refractivity contribution in [3.8, 4) is 0 Å². The monoisotopic (exact) mass is 370 g/mol. The van der Waals surface area contributed by atoms with Crippen LogP contribution in [0.15, 0.2) is 24.3 Å². The number of rotatable bonds is 6. The minimum Gasteiger partial charge on any atom is -0.464 e. The van der Waals surface area contributed by atoms with Gasteiger partial charge in [-0.05, 0) is 52.3 Å². The van der Waals surface area contributed by atoms with Crippen molar-refractivity contribution in [3.05, 3.63) is 57.9 Å². The number of carbonyl (C=O) groups excluding carboxylic acids is 3. The fourth-order valence-electron chi connectivity index (χ4n) is 3.23. The highest BCUT2D eigenvalue weighted by molar-refractivity contribution is 6.07. The summed E-state index contributed by atoms with van der Waals surface area (Å²) in [5.41, 5.74) is 3.42. The molecule has 0 aliphatic rings. The quantitative estimate of drug-likeness (QED) is 0.624. The number of hydrogen-bond donors (Lipinski definition) is 1. The summed E-state index contributed by atoms with van der Waals surface area (Å²) < 4.78 is 4.75. The van der Waals surface area contributed by atoms with Crippen molar-refractivity contribution < 1.29 is 19.1 Å². The Morgan fingerprint density at radius 3 is 2.22 bits per heavy atom. The first-order valence-corrected chi connectivity index (χ1v) is 8.92. The van der Waals surface area contributed by atoms with E-state index in [0.29, 0.717) is 28.9 Å². The maximum atomic E-state index is 13.1. The Bertz CT molecular complexity index is 865. The number of ether oxygens (including phenoxy) is 1. The summed E-state index contributed by atoms with van der Waals surface area (Å²) in [6, 6.07) is 6.61. The molecule has 0 radical (unpaired) electrons. The van der Waals surface area contributed by atoms with E-state index < -0.39 is 12.0 Å². The van der Waals surface area contributed by atoms with Crippen LogP contribution in [0.3, 0.4) is 0 Å². The summed E-state index contributed by atoms with van der Waals surface area (Å²) in [4.78, 5) is 42.4. The molecule has 6 nitrogen and oxygen atoms in total. The number of benzene rings is 1. The van der Waals surface area contributed by atoms with Crippen LogP contribution in [-0.4, -0.2) is 47.2 Å². The number of carbonyl (C=O) groups is 3. The molecule has 27 heavy (non-hydrogen) atoms. The Morgan fingerprint density at radius 2 is 1.70 bits per heavy atom. The molecule has 2 aromatic rings. The highest BCUT2D eigenvalue weighted by Gasteiger charge is 2.30. The predicted octanol–water partition coefficient (Wildman–Crippen LogP) is 3.46. The van der Waals surface area contributed by atoms with Gasteiger partial charge in [0.05, 0.1) is 13.2 Å². The van der Waals surface area contributed by atoms with Crippen molar-refractivity contribution in [2.75, 3.05) is 13.7 Å². The van der Waals surface area contributed by atoms with Gasteiger partial charge in [0.1, 0.15) is 5.69 Å². The van der Waals surface area contributed by atoms with Gasteiger partial charge >= 0.3 is 5.97 Å². The number of aromatic nitrogens is 1. The van der Waals surface area contributed by atoms with E-state index in [1.165, 1.54) is 12.0 Å². The average molecular weight is 370 g/mol. The molecule has 0 aliphatic carbocycles. The van der Waals surface area contributed by atoms with Gasteiger partial charge < -0.3 is 14.6 Å². The molecule has 6 heteroatoms. The zero-order chi connectivity index (χ0) is 20.3. The number of nitrogens with one attached hydrogen (secondary N) is 1. The van der Waals surface area contributed by atoms with Gasteiger partial charge in [-0.15, -0.1) is 0 Å². The Hall–Kier alpha value is -2.89. The Labute approximate surface area is 159 Å². The normalized spacial score (nSPS) is 11.8. The summed E-state index contributed by atoms with van der Waals surface area (Å²) in [5.74, 6) is -0.929. The maximum Gasteiger partial charge on any atom is 0.354 e. The second kappa shape index (κ2) is 8.20. The number of amides is 1. The van der Waals surface area contributed by atoms with E-state index in [9.17, 15) is 14.4 Å². The van der Waals surface area contributed by atoms with E-state index in [-0.39, 0.29) is 17.4 Å². The Morgan fingerprint density at radius 1 is 1.11 bits per heavy atom. The van der Waals surface area contributed by atoms with Crippen LogP contribution in [0.25, 0.3) is 0 Å². The Balaban J connectivity index is 2.34. The van der Waals surface area contributed by atoms with Crippen LogP contribution in [0.2, 0.25) is 0 Å². The van der Waals surface area contributed by atoms with E-state index in [1.54, 1.807) is 32.9 Å². The fraction of sp³-hybridized carbons (Fsp3) is 0.381. The fourth-order valence-corrected chi connectivity index (χ4v) is 3.23. The van der Waals surface area contributed by atoms with Crippen LogP contribution < -0.4 is 0 Å². The van der Waals surface area contributed by atoms with Gasteiger partial charge in [-0.25, -0.2) is 4.79 Å². The second-order valence-corrected chi connectivity index (χ2v) is 6.61. The van der Waals surface area contributed by atoms with Gasteiger partial charge in [0, 0.05) is 23.4 Å². The lowest BCUT2D eigenvalue weighted by atomic mass is 9.99. The number of hydrogen-bond acceptors (Lipinski definition) is 4. The molecule has 2 rings (SSSR count). The number of aromatic amines is 1. The van der Waals surface area contributed by atoms with Crippen LogP contribution in [0.5, 0.6) is 0 Å². The van der Waals surface area contributed by atoms with Gasteiger partial charge in [0.2, 0.25) is 0 Å². The molecule has 1 aromatic heterocycles. The third-order valence-electron chi connectivity index (χ3n) is 4.82. The summed E-state index contributed by atoms with van der Waals surface area (Å²) in [7, 11) is 1.29. The lowest BCUT2D eigenvalue weighted by molar-refractivity contribution is 0.0593. The van der Waals surface area contributed by atoms with Crippen molar-refractivity contribution in [3.63, 3.8) is 0 Å². The highest BCUT2D eigenvalue weighted by Crippen LogP contribution is 2.22. The molecule has 0 bridgehead atoms. The first-order chi connectivity index (χ1) is 12.7. The minimum absolute atomic E-state index is 0.197. The predicted molar refractivity (Wildman–Crippen MR) is 103 cm³/mol. The number of H-pyrrole nitrogens is 1. The molecule has 1 aromatic carbocycles. The first kappa shape index (κ1) is 20.4. The zero-order valence-electron chi connectivity index (χ0n) is 16.7. The standard InChI is InChI=1S/C21H26N2O4/c1-7-23(20(25)16-10-8-12(2)9-11-16)15(5)19(24)17-13(3)18(21(26)27-6)22-14(17)4/h8-11,15,22H,7H2,1-6H3/t15-/m1/s1. The molecule has 1 N–H and O–H groups in total. The molecule has 1 atom stereocenters. The largest absolute Gasteiger partial charge is 0.464 e. The van der Waals surface area contributed by atoms with Crippen LogP contribution >= 0.6 is 0 Å². The number of ketones is 1. The lowest BCUT2D eigenvalue weighted by Gasteiger charge is -2.27. The van der Waals surface area contributed by atoms with Crippen molar-refractivity contribution >= 4 is 17.7 Å². The summed E-state index contributed by atoms with van der Waals surface area (Å²) in [6.45, 7) is 9.33. The molecule has 0 unspecified atom stereocenters. The molecule has 1 heterocycles. The first-order valence-electron chi connectivity index (χ1n) is 8.92. The van der Waals surface area contributed by atoms with Gasteiger partial charge in [-0.1, -0.05) is 17.7 Å². The topological polar surface area (TPSA) is 79.5 Å². The molecule has 1 amide bonds. The van der Waals surface area contributed by atoms with Gasteiger partial charge in [0.15, 0.2) is 5.78 Å². The van der Waals surface area contributed by atoms with Gasteiger partial charge in [-0.3, -0.25) is 9.59 Å². The number of esters is 1. The third-order valence-corrected chi connectivity index (χ3v) is 4.82. The second-order valence-electron chi connectivity index (χ2n) is 6.61. The van der Waals surface area contributed by atoms with E-state index in [1.807, 2.05) is 26.0 Å². The summed E-state index contributed by atoms with van der Waals surface area (Å²) >= 11 is 0. The molecule has 0 fully saturated rings. The van der Waals surface area contributed by atoms with Crippen molar-refractivity contribution in [1.82, 2.24) is 9.88 Å². The van der Waals surface area contributed by atoms with Crippen molar-refractivity contribution in [2.45, 2.75) is 40.7 Å². The maximum absolute atomic E-state index is 13.1. The van der Waals surface area contributed by atoms with Crippen LogP contribution in [-0.2, 0) is 4.74 Å². The zero-order valence-corrected chi connectivity index (χ0v) is 16.7. The molecule has 0 aliphatic heterocycles.